The van der Waals surface area contributed by atoms with E-state index in [0.29, 0.717) is 16.9 Å². The van der Waals surface area contributed by atoms with Gasteiger partial charge in [-0.2, -0.15) is 0 Å². The fourth-order valence-corrected chi connectivity index (χ4v) is 2.36. The molecule has 8 heteroatoms. The van der Waals surface area contributed by atoms with Gasteiger partial charge in [0.1, 0.15) is 5.82 Å². The molecule has 0 bridgehead atoms. The minimum absolute atomic E-state index is 0.0196. The van der Waals surface area contributed by atoms with Gasteiger partial charge in [-0.25, -0.2) is 4.39 Å². The van der Waals surface area contributed by atoms with Gasteiger partial charge in [0.25, 0.3) is 5.69 Å². The molecule has 0 saturated carbocycles. The molecule has 6 nitrogen and oxygen atoms in total. The van der Waals surface area contributed by atoms with E-state index in [2.05, 4.69) is 10.6 Å². The third kappa shape index (κ3) is 4.20. The molecule has 0 fully saturated rings. The molecule has 0 radical (unpaired) electrons. The molecule has 1 amide bonds. The van der Waals surface area contributed by atoms with Gasteiger partial charge in [0.15, 0.2) is 0 Å². The molecule has 0 aromatic heterocycles. The minimum atomic E-state index is -0.574. The standard InChI is InChI=1S/C16H15ClFN3O3/c1-9-5-10(2)15(21(23)24)7-14(9)19-8-16(22)20-11-3-4-13(18)12(17)6-11/h3-7,19H,8H2,1-2H3,(H,20,22). The summed E-state index contributed by atoms with van der Waals surface area (Å²) in [4.78, 5) is 22.4. The number of nitrogens with one attached hydrogen (secondary N) is 2. The topological polar surface area (TPSA) is 84.3 Å². The predicted molar refractivity (Wildman–Crippen MR) is 91.1 cm³/mol. The molecule has 126 valence electrons. The second-order valence-electron chi connectivity index (χ2n) is 5.24. The molecule has 0 atom stereocenters. The van der Waals surface area contributed by atoms with Gasteiger partial charge in [-0.05, 0) is 43.7 Å². The maximum Gasteiger partial charge on any atom is 0.274 e. The van der Waals surface area contributed by atoms with Crippen LogP contribution in [0.3, 0.4) is 0 Å². The SMILES string of the molecule is Cc1cc(C)c([N+](=O)[O-])cc1NCC(=O)Nc1ccc(F)c(Cl)c1. The van der Waals surface area contributed by atoms with Crippen LogP contribution in [0.1, 0.15) is 11.1 Å². The summed E-state index contributed by atoms with van der Waals surface area (Å²) in [6.45, 7) is 3.34. The van der Waals surface area contributed by atoms with Crippen LogP contribution in [0.4, 0.5) is 21.5 Å². The number of rotatable bonds is 5. The van der Waals surface area contributed by atoms with E-state index in [9.17, 15) is 19.3 Å². The van der Waals surface area contributed by atoms with Crippen molar-refractivity contribution in [3.63, 3.8) is 0 Å². The summed E-state index contributed by atoms with van der Waals surface area (Å²) >= 11 is 5.65. The number of hydrogen-bond acceptors (Lipinski definition) is 4. The summed E-state index contributed by atoms with van der Waals surface area (Å²) in [6.07, 6.45) is 0. The highest BCUT2D eigenvalue weighted by Crippen LogP contribution is 2.26. The molecule has 24 heavy (non-hydrogen) atoms. The number of carbonyl (C=O) groups is 1. The van der Waals surface area contributed by atoms with Gasteiger partial charge in [-0.3, -0.25) is 14.9 Å². The highest BCUT2D eigenvalue weighted by molar-refractivity contribution is 6.31. The highest BCUT2D eigenvalue weighted by atomic mass is 35.5. The number of nitro groups is 1. The Hall–Kier alpha value is -2.67. The average Bonchev–Trinajstić information content (AvgIpc) is 2.49. The van der Waals surface area contributed by atoms with Crippen molar-refractivity contribution >= 4 is 34.6 Å². The number of anilines is 2. The van der Waals surface area contributed by atoms with E-state index in [1.165, 1.54) is 18.2 Å². The van der Waals surface area contributed by atoms with E-state index >= 15 is 0 Å². The van der Waals surface area contributed by atoms with Crippen LogP contribution in [0.25, 0.3) is 0 Å². The first-order valence-electron chi connectivity index (χ1n) is 7.02. The fraction of sp³-hybridized carbons (Fsp3) is 0.188. The molecule has 0 spiro atoms. The Labute approximate surface area is 142 Å². The lowest BCUT2D eigenvalue weighted by atomic mass is 10.1. The lowest BCUT2D eigenvalue weighted by Gasteiger charge is -2.11. The molecule has 2 aromatic carbocycles. The summed E-state index contributed by atoms with van der Waals surface area (Å²) in [6, 6.07) is 6.92. The predicted octanol–water partition coefficient (Wildman–Crippen LogP) is 4.05. The number of nitro benzene ring substituents is 1. The first-order chi connectivity index (χ1) is 11.3. The molecule has 2 N–H and O–H groups in total. The maximum atomic E-state index is 13.1. The summed E-state index contributed by atoms with van der Waals surface area (Å²) in [5.74, 6) is -0.962. The van der Waals surface area contributed by atoms with Gasteiger partial charge >= 0.3 is 0 Å². The van der Waals surface area contributed by atoms with Crippen LogP contribution in [0.5, 0.6) is 0 Å². The van der Waals surface area contributed by atoms with Crippen molar-refractivity contribution in [2.24, 2.45) is 0 Å². The average molecular weight is 352 g/mol. The Balaban J connectivity index is 2.05. The fourth-order valence-electron chi connectivity index (χ4n) is 2.18. The molecule has 0 aliphatic carbocycles. The zero-order valence-electron chi connectivity index (χ0n) is 13.0. The van der Waals surface area contributed by atoms with Crippen molar-refractivity contribution in [2.75, 3.05) is 17.2 Å². The number of aryl methyl sites for hydroxylation is 2. The second kappa shape index (κ2) is 7.27. The van der Waals surface area contributed by atoms with Crippen LogP contribution in [-0.2, 0) is 4.79 Å². The first-order valence-corrected chi connectivity index (χ1v) is 7.40. The molecule has 0 aliphatic rings. The second-order valence-corrected chi connectivity index (χ2v) is 5.65. The van der Waals surface area contributed by atoms with Gasteiger partial charge in [0, 0.05) is 23.0 Å². The van der Waals surface area contributed by atoms with Crippen molar-refractivity contribution in [1.29, 1.82) is 0 Å². The molecular formula is C16H15ClFN3O3. The monoisotopic (exact) mass is 351 g/mol. The summed E-state index contributed by atoms with van der Waals surface area (Å²) in [5.41, 5.74) is 2.18. The van der Waals surface area contributed by atoms with Crippen molar-refractivity contribution in [2.45, 2.75) is 13.8 Å². The van der Waals surface area contributed by atoms with E-state index in [1.54, 1.807) is 19.9 Å². The quantitative estimate of drug-likeness (QED) is 0.628. The number of benzene rings is 2. The smallest absolute Gasteiger partial charge is 0.274 e. The summed E-state index contributed by atoms with van der Waals surface area (Å²) in [5, 5.41) is 16.3. The van der Waals surface area contributed by atoms with Crippen LogP contribution in [0.15, 0.2) is 30.3 Å². The number of amides is 1. The van der Waals surface area contributed by atoms with Gasteiger partial charge in [-0.1, -0.05) is 11.6 Å². The Bertz CT molecular complexity index is 811. The van der Waals surface area contributed by atoms with E-state index in [-0.39, 0.29) is 23.2 Å². The van der Waals surface area contributed by atoms with Gasteiger partial charge in [-0.15, -0.1) is 0 Å². The van der Waals surface area contributed by atoms with E-state index < -0.39 is 10.7 Å². The van der Waals surface area contributed by atoms with E-state index in [4.69, 9.17) is 11.6 Å². The Morgan fingerprint density at radius 3 is 2.58 bits per heavy atom. The van der Waals surface area contributed by atoms with Crippen LogP contribution in [-0.4, -0.2) is 17.4 Å². The van der Waals surface area contributed by atoms with Crippen LogP contribution < -0.4 is 10.6 Å². The van der Waals surface area contributed by atoms with Crippen LogP contribution in [0, 0.1) is 29.8 Å². The number of halogens is 2. The normalized spacial score (nSPS) is 10.3. The van der Waals surface area contributed by atoms with Gasteiger partial charge in [0.2, 0.25) is 5.91 Å². The molecule has 2 aromatic rings. The van der Waals surface area contributed by atoms with Crippen LogP contribution >= 0.6 is 11.6 Å². The largest absolute Gasteiger partial charge is 0.376 e. The van der Waals surface area contributed by atoms with Gasteiger partial charge < -0.3 is 10.6 Å². The molecule has 0 aliphatic heterocycles. The molecule has 2 rings (SSSR count). The highest BCUT2D eigenvalue weighted by Gasteiger charge is 2.14. The Kier molecular flexibility index (Phi) is 5.35. The molecule has 0 unspecified atom stereocenters. The summed E-state index contributed by atoms with van der Waals surface area (Å²) < 4.78 is 13.1. The third-order valence-corrected chi connectivity index (χ3v) is 3.67. The molecular weight excluding hydrogens is 337 g/mol. The lowest BCUT2D eigenvalue weighted by Crippen LogP contribution is -2.22. The molecule has 0 heterocycles. The van der Waals surface area contributed by atoms with Crippen molar-refractivity contribution < 1.29 is 14.1 Å². The van der Waals surface area contributed by atoms with Crippen molar-refractivity contribution in [1.82, 2.24) is 0 Å². The molecule has 0 saturated heterocycles. The number of hydrogen-bond donors (Lipinski definition) is 2. The zero-order chi connectivity index (χ0) is 17.9. The van der Waals surface area contributed by atoms with Gasteiger partial charge in [0.05, 0.1) is 16.5 Å². The Morgan fingerprint density at radius 1 is 1.25 bits per heavy atom. The first kappa shape index (κ1) is 17.7. The van der Waals surface area contributed by atoms with E-state index in [1.807, 2.05) is 0 Å². The van der Waals surface area contributed by atoms with Crippen LogP contribution in [0.2, 0.25) is 5.02 Å². The third-order valence-electron chi connectivity index (χ3n) is 3.38. The lowest BCUT2D eigenvalue weighted by molar-refractivity contribution is -0.385. The Morgan fingerprint density at radius 2 is 1.96 bits per heavy atom. The maximum absolute atomic E-state index is 13.1. The zero-order valence-corrected chi connectivity index (χ0v) is 13.8. The minimum Gasteiger partial charge on any atom is -0.376 e. The summed E-state index contributed by atoms with van der Waals surface area (Å²) in [7, 11) is 0. The number of nitrogens with zero attached hydrogens (tertiary/aromatic N) is 1. The van der Waals surface area contributed by atoms with Crippen molar-refractivity contribution in [3.05, 3.63) is 62.4 Å². The van der Waals surface area contributed by atoms with Crippen molar-refractivity contribution in [3.8, 4) is 0 Å². The van der Waals surface area contributed by atoms with E-state index in [0.717, 1.165) is 11.6 Å². The number of carbonyl (C=O) groups excluding carboxylic acids is 1.